The van der Waals surface area contributed by atoms with Gasteiger partial charge in [0, 0.05) is 6.20 Å². The first kappa shape index (κ1) is 19.5. The van der Waals surface area contributed by atoms with Crippen LogP contribution in [-0.2, 0) is 19.7 Å². The van der Waals surface area contributed by atoms with Crippen molar-refractivity contribution < 1.29 is 23.8 Å². The number of esters is 1. The van der Waals surface area contributed by atoms with Gasteiger partial charge in [-0.05, 0) is 42.7 Å². The summed E-state index contributed by atoms with van der Waals surface area (Å²) in [4.78, 5) is 29.1. The summed E-state index contributed by atoms with van der Waals surface area (Å²) in [5.41, 5.74) is 0.430. The number of benzene rings is 1. The van der Waals surface area contributed by atoms with E-state index in [0.29, 0.717) is 43.2 Å². The molecule has 4 rings (SSSR count). The van der Waals surface area contributed by atoms with Crippen LogP contribution in [0.1, 0.15) is 31.2 Å². The van der Waals surface area contributed by atoms with Crippen molar-refractivity contribution in [1.82, 2.24) is 4.98 Å². The van der Waals surface area contributed by atoms with Gasteiger partial charge in [0.05, 0.1) is 11.1 Å². The van der Waals surface area contributed by atoms with E-state index in [2.05, 4.69) is 10.3 Å². The molecule has 2 aromatic rings. The summed E-state index contributed by atoms with van der Waals surface area (Å²) in [5, 5.41) is 2.78. The number of nitrogens with zero attached hydrogens (tertiary/aromatic N) is 1. The van der Waals surface area contributed by atoms with Gasteiger partial charge in [0.1, 0.15) is 13.2 Å². The molecule has 1 aromatic heterocycles. The number of halogens is 1. The number of anilines is 1. The van der Waals surface area contributed by atoms with E-state index in [1.54, 1.807) is 12.1 Å². The van der Waals surface area contributed by atoms with Gasteiger partial charge in [-0.1, -0.05) is 30.5 Å². The summed E-state index contributed by atoms with van der Waals surface area (Å²) in [7, 11) is 0. The Balaban J connectivity index is 1.46. The lowest BCUT2D eigenvalue weighted by atomic mass is 9.78. The molecule has 0 unspecified atom stereocenters. The van der Waals surface area contributed by atoms with Crippen LogP contribution in [0.4, 0.5) is 5.69 Å². The molecule has 1 amide bonds. The van der Waals surface area contributed by atoms with Crippen molar-refractivity contribution in [3.8, 4) is 11.5 Å². The van der Waals surface area contributed by atoms with Crippen LogP contribution in [0.25, 0.3) is 0 Å². The zero-order chi connectivity index (χ0) is 20.3. The van der Waals surface area contributed by atoms with Crippen LogP contribution in [0, 0.1) is 0 Å². The van der Waals surface area contributed by atoms with E-state index in [0.717, 1.165) is 18.4 Å². The summed E-state index contributed by atoms with van der Waals surface area (Å²) in [5.74, 6) is 0.439. The summed E-state index contributed by atoms with van der Waals surface area (Å²) < 4.78 is 16.6. The molecule has 1 aliphatic carbocycles. The van der Waals surface area contributed by atoms with Crippen LogP contribution in [0.3, 0.4) is 0 Å². The van der Waals surface area contributed by atoms with Gasteiger partial charge in [0.2, 0.25) is 0 Å². The quantitative estimate of drug-likeness (QED) is 0.593. The number of fused-ring (bicyclic) bond motifs is 1. The summed E-state index contributed by atoms with van der Waals surface area (Å²) in [6, 6.07) is 8.85. The zero-order valence-corrected chi connectivity index (χ0v) is 16.5. The van der Waals surface area contributed by atoms with Crippen molar-refractivity contribution >= 4 is 29.2 Å². The smallest absolute Gasteiger partial charge is 0.317 e. The molecule has 1 aromatic carbocycles. The van der Waals surface area contributed by atoms with Gasteiger partial charge in [-0.3, -0.25) is 9.59 Å². The molecular formula is C21H21ClN2O5. The van der Waals surface area contributed by atoms with Crippen molar-refractivity contribution in [2.24, 2.45) is 0 Å². The number of amides is 1. The summed E-state index contributed by atoms with van der Waals surface area (Å²) in [6.45, 7) is 0.594. The zero-order valence-electron chi connectivity index (χ0n) is 15.8. The molecule has 2 aliphatic rings. The molecule has 1 saturated carbocycles. The highest BCUT2D eigenvalue weighted by Crippen LogP contribution is 2.45. The van der Waals surface area contributed by atoms with E-state index in [-0.39, 0.29) is 5.15 Å². The molecule has 0 spiro atoms. The Morgan fingerprint density at radius 3 is 2.66 bits per heavy atom. The van der Waals surface area contributed by atoms with Crippen LogP contribution < -0.4 is 14.8 Å². The number of hydrogen-bond acceptors (Lipinski definition) is 6. The fourth-order valence-electron chi connectivity index (χ4n) is 3.87. The van der Waals surface area contributed by atoms with Crippen LogP contribution in [0.15, 0.2) is 36.5 Å². The highest BCUT2D eigenvalue weighted by atomic mass is 35.5. The molecular weight excluding hydrogens is 396 g/mol. The first-order chi connectivity index (χ1) is 14.1. The Morgan fingerprint density at radius 1 is 1.14 bits per heavy atom. The van der Waals surface area contributed by atoms with E-state index < -0.39 is 23.9 Å². The lowest BCUT2D eigenvalue weighted by molar-refractivity contribution is -0.153. The van der Waals surface area contributed by atoms with Gasteiger partial charge in [0.15, 0.2) is 23.3 Å². The van der Waals surface area contributed by atoms with Gasteiger partial charge >= 0.3 is 5.97 Å². The van der Waals surface area contributed by atoms with E-state index >= 15 is 0 Å². The Kier molecular flexibility index (Phi) is 5.58. The molecule has 2 heterocycles. The van der Waals surface area contributed by atoms with Crippen molar-refractivity contribution in [1.29, 1.82) is 0 Å². The third-order valence-electron chi connectivity index (χ3n) is 5.31. The molecule has 29 heavy (non-hydrogen) atoms. The minimum Gasteiger partial charge on any atom is -0.486 e. The van der Waals surface area contributed by atoms with Crippen molar-refractivity contribution in [2.75, 3.05) is 25.1 Å². The second kappa shape index (κ2) is 8.29. The second-order valence-electron chi connectivity index (χ2n) is 7.11. The lowest BCUT2D eigenvalue weighted by Crippen LogP contribution is -2.36. The first-order valence-corrected chi connectivity index (χ1v) is 9.94. The Bertz CT molecular complexity index is 927. The molecule has 152 valence electrons. The Labute approximate surface area is 173 Å². The summed E-state index contributed by atoms with van der Waals surface area (Å²) >= 11 is 5.94. The highest BCUT2D eigenvalue weighted by Gasteiger charge is 2.45. The Hall–Kier alpha value is -2.80. The van der Waals surface area contributed by atoms with Gasteiger partial charge < -0.3 is 19.5 Å². The topological polar surface area (TPSA) is 86.8 Å². The number of aromatic nitrogens is 1. The minimum absolute atomic E-state index is 0.177. The van der Waals surface area contributed by atoms with E-state index in [4.69, 9.17) is 25.8 Å². The average Bonchev–Trinajstić information content (AvgIpc) is 3.24. The molecule has 7 nitrogen and oxygen atoms in total. The largest absolute Gasteiger partial charge is 0.486 e. The number of pyridine rings is 1. The summed E-state index contributed by atoms with van der Waals surface area (Å²) in [6.07, 6.45) is 4.69. The second-order valence-corrected chi connectivity index (χ2v) is 7.47. The third-order valence-corrected chi connectivity index (χ3v) is 5.61. The van der Waals surface area contributed by atoms with Crippen LogP contribution in [-0.4, -0.2) is 36.7 Å². The van der Waals surface area contributed by atoms with Crippen molar-refractivity contribution in [3.05, 3.63) is 47.2 Å². The number of rotatable bonds is 5. The van der Waals surface area contributed by atoms with Gasteiger partial charge in [-0.25, -0.2) is 4.98 Å². The molecule has 1 fully saturated rings. The number of carbonyl (C=O) groups is 2. The highest BCUT2D eigenvalue weighted by molar-refractivity contribution is 6.32. The molecule has 0 saturated heterocycles. The van der Waals surface area contributed by atoms with Gasteiger partial charge in [0.25, 0.3) is 5.91 Å². The van der Waals surface area contributed by atoms with Crippen LogP contribution in [0.2, 0.25) is 5.15 Å². The molecule has 8 heteroatoms. The monoisotopic (exact) mass is 416 g/mol. The third kappa shape index (κ3) is 4.00. The normalized spacial score (nSPS) is 16.9. The number of carbonyl (C=O) groups excluding carboxylic acids is 2. The SMILES string of the molecule is O=C(COC(=O)C1(c2ccc3c(c2)OCCO3)CCCC1)Nc1cccnc1Cl. The predicted octanol–water partition coefficient (Wildman–Crippen LogP) is 3.50. The fraction of sp³-hybridized carbons (Fsp3) is 0.381. The molecule has 1 aliphatic heterocycles. The minimum atomic E-state index is -0.776. The number of nitrogens with one attached hydrogen (secondary N) is 1. The molecule has 1 N–H and O–H groups in total. The van der Waals surface area contributed by atoms with Crippen molar-refractivity contribution in [2.45, 2.75) is 31.1 Å². The fourth-order valence-corrected chi connectivity index (χ4v) is 4.03. The van der Waals surface area contributed by atoms with Gasteiger partial charge in [-0.15, -0.1) is 0 Å². The number of ether oxygens (including phenoxy) is 3. The number of hydrogen-bond donors (Lipinski definition) is 1. The Morgan fingerprint density at radius 2 is 1.90 bits per heavy atom. The molecule has 0 bridgehead atoms. The molecule has 0 atom stereocenters. The van der Waals surface area contributed by atoms with E-state index in [1.807, 2.05) is 18.2 Å². The van der Waals surface area contributed by atoms with Crippen molar-refractivity contribution in [3.63, 3.8) is 0 Å². The van der Waals surface area contributed by atoms with Crippen LogP contribution >= 0.6 is 11.6 Å². The maximum absolute atomic E-state index is 13.0. The van der Waals surface area contributed by atoms with Crippen LogP contribution in [0.5, 0.6) is 11.5 Å². The maximum atomic E-state index is 13.0. The lowest BCUT2D eigenvalue weighted by Gasteiger charge is -2.28. The predicted molar refractivity (Wildman–Crippen MR) is 106 cm³/mol. The van der Waals surface area contributed by atoms with Gasteiger partial charge in [-0.2, -0.15) is 0 Å². The van der Waals surface area contributed by atoms with E-state index in [9.17, 15) is 9.59 Å². The van der Waals surface area contributed by atoms with E-state index in [1.165, 1.54) is 6.20 Å². The standard InChI is InChI=1S/C21H21ClN2O5/c22-19-15(4-3-9-23-19)24-18(25)13-29-20(26)21(7-1-2-8-21)14-5-6-16-17(12-14)28-11-10-27-16/h3-6,9,12H,1-2,7-8,10-11,13H2,(H,24,25). The first-order valence-electron chi connectivity index (χ1n) is 9.56. The maximum Gasteiger partial charge on any atom is 0.317 e. The molecule has 0 radical (unpaired) electrons. The average molecular weight is 417 g/mol.